The minimum atomic E-state index is 0.637. The van der Waals surface area contributed by atoms with E-state index in [2.05, 4.69) is 120 Å². The Labute approximate surface area is 291 Å². The molecule has 51 heavy (non-hydrogen) atoms. The average molecular weight is 654 g/mol. The molecule has 238 valence electrons. The average Bonchev–Trinajstić information content (AvgIpc) is 3.88. The van der Waals surface area contributed by atoms with Gasteiger partial charge in [0, 0.05) is 54.7 Å². The zero-order valence-corrected chi connectivity index (χ0v) is 27.2. The normalized spacial score (nSPS) is 11.9. The quantitative estimate of drug-likeness (QED) is 0.190. The van der Waals surface area contributed by atoms with Crippen LogP contribution in [0.4, 0.5) is 0 Å². The van der Waals surface area contributed by atoms with Gasteiger partial charge in [-0.15, -0.1) is 0 Å². The van der Waals surface area contributed by atoms with Crippen molar-refractivity contribution in [2.45, 2.75) is 0 Å². The Morgan fingerprint density at radius 1 is 0.412 bits per heavy atom. The highest BCUT2D eigenvalue weighted by atomic mass is 16.3. The van der Waals surface area contributed by atoms with Crippen LogP contribution in [0, 0.1) is 0 Å². The number of hydrogen-bond acceptors (Lipinski definition) is 4. The number of fused-ring (bicyclic) bond motifs is 10. The lowest BCUT2D eigenvalue weighted by Gasteiger charge is -2.10. The molecular weight excluding hydrogens is 627 g/mol. The van der Waals surface area contributed by atoms with Crippen LogP contribution < -0.4 is 0 Å². The molecule has 5 nitrogen and oxygen atoms in total. The van der Waals surface area contributed by atoms with Gasteiger partial charge in [-0.05, 0) is 60.7 Å². The lowest BCUT2D eigenvalue weighted by atomic mass is 10.0. The third-order valence-electron chi connectivity index (χ3n) is 10.0. The largest absolute Gasteiger partial charge is 0.456 e. The van der Waals surface area contributed by atoms with Gasteiger partial charge in [-0.25, -0.2) is 9.97 Å². The molecule has 0 radical (unpaired) electrons. The zero-order chi connectivity index (χ0) is 33.5. The van der Waals surface area contributed by atoms with Crippen LogP contribution in [0.15, 0.2) is 173 Å². The van der Waals surface area contributed by atoms with Crippen LogP contribution in [0.25, 0.3) is 105 Å². The molecule has 0 fully saturated rings. The van der Waals surface area contributed by atoms with Crippen LogP contribution in [0.3, 0.4) is 0 Å². The summed E-state index contributed by atoms with van der Waals surface area (Å²) in [5.41, 5.74) is 11.1. The van der Waals surface area contributed by atoms with Crippen molar-refractivity contribution in [1.29, 1.82) is 0 Å². The minimum absolute atomic E-state index is 0.637. The highest BCUT2D eigenvalue weighted by molar-refractivity contribution is 6.22. The van der Waals surface area contributed by atoms with E-state index in [1.165, 1.54) is 5.39 Å². The number of hydrogen-bond donors (Lipinski definition) is 0. The highest BCUT2D eigenvalue weighted by Gasteiger charge is 2.21. The predicted molar refractivity (Wildman–Crippen MR) is 207 cm³/mol. The molecule has 0 spiro atoms. The summed E-state index contributed by atoms with van der Waals surface area (Å²) in [5.74, 6) is 0.637. The number of nitrogens with zero attached hydrogens (tertiary/aromatic N) is 3. The van der Waals surface area contributed by atoms with Crippen molar-refractivity contribution in [3.05, 3.63) is 164 Å². The molecule has 0 aliphatic heterocycles. The number of furan rings is 2. The van der Waals surface area contributed by atoms with Gasteiger partial charge < -0.3 is 13.4 Å². The second-order valence-corrected chi connectivity index (χ2v) is 12.9. The van der Waals surface area contributed by atoms with E-state index in [4.69, 9.17) is 18.8 Å². The molecule has 0 N–H and O–H groups in total. The maximum Gasteiger partial charge on any atom is 0.160 e. The van der Waals surface area contributed by atoms with Crippen molar-refractivity contribution >= 4 is 65.7 Å². The molecule has 11 rings (SSSR count). The Kier molecular flexibility index (Phi) is 5.89. The number of aromatic nitrogens is 3. The molecule has 0 saturated heterocycles. The third-order valence-corrected chi connectivity index (χ3v) is 10.0. The van der Waals surface area contributed by atoms with E-state index in [9.17, 15) is 0 Å². The van der Waals surface area contributed by atoms with Gasteiger partial charge >= 0.3 is 0 Å². The monoisotopic (exact) mass is 653 g/mol. The molecule has 7 aromatic carbocycles. The summed E-state index contributed by atoms with van der Waals surface area (Å²) in [5, 5.41) is 6.56. The predicted octanol–water partition coefficient (Wildman–Crippen LogP) is 12.4. The molecule has 5 heteroatoms. The summed E-state index contributed by atoms with van der Waals surface area (Å²) in [4.78, 5) is 10.4. The molecular formula is C46H27N3O2. The number of rotatable bonds is 4. The zero-order valence-electron chi connectivity index (χ0n) is 27.2. The summed E-state index contributed by atoms with van der Waals surface area (Å²) in [6.07, 6.45) is 0. The Balaban J connectivity index is 1.18. The van der Waals surface area contributed by atoms with Gasteiger partial charge in [-0.2, -0.15) is 0 Å². The summed E-state index contributed by atoms with van der Waals surface area (Å²) in [6, 6.07) is 56.5. The Hall–Kier alpha value is -6.98. The van der Waals surface area contributed by atoms with E-state index < -0.39 is 0 Å². The Bertz CT molecular complexity index is 3130. The van der Waals surface area contributed by atoms with E-state index in [0.29, 0.717) is 5.82 Å². The highest BCUT2D eigenvalue weighted by Crippen LogP contribution is 2.43. The van der Waals surface area contributed by atoms with E-state index in [0.717, 1.165) is 94.1 Å². The van der Waals surface area contributed by atoms with Crippen LogP contribution in [-0.4, -0.2) is 14.5 Å². The van der Waals surface area contributed by atoms with Crippen LogP contribution in [0.5, 0.6) is 0 Å². The Morgan fingerprint density at radius 3 is 1.98 bits per heavy atom. The first-order valence-electron chi connectivity index (χ1n) is 17.1. The standard InChI is InChI=1S/C46H27N3O2/c1-3-12-28(13-4-1)38-27-39(48-46(47-38)29-22-25-42-37(26-29)32-17-8-10-21-41(32)50-42)36-19-11-18-34-35-24-23-33-31-16-7-9-20-40(31)49(30-14-5-2-6-15-30)43(33)45(35)51-44(34)36/h1-27H. The summed E-state index contributed by atoms with van der Waals surface area (Å²) in [7, 11) is 0. The molecule has 4 heterocycles. The second-order valence-electron chi connectivity index (χ2n) is 12.9. The first-order valence-corrected chi connectivity index (χ1v) is 17.1. The topological polar surface area (TPSA) is 57.0 Å². The molecule has 0 unspecified atom stereocenters. The van der Waals surface area contributed by atoms with E-state index in [-0.39, 0.29) is 0 Å². The number of para-hydroxylation sites is 4. The maximum absolute atomic E-state index is 7.04. The molecule has 11 aromatic rings. The van der Waals surface area contributed by atoms with Gasteiger partial charge in [0.2, 0.25) is 0 Å². The van der Waals surface area contributed by atoms with Crippen molar-refractivity contribution in [1.82, 2.24) is 14.5 Å². The summed E-state index contributed by atoms with van der Waals surface area (Å²) in [6.45, 7) is 0. The fraction of sp³-hybridized carbons (Fsp3) is 0. The molecule has 0 bridgehead atoms. The van der Waals surface area contributed by atoms with Gasteiger partial charge in [0.15, 0.2) is 11.4 Å². The first kappa shape index (κ1) is 27.9. The fourth-order valence-electron chi connectivity index (χ4n) is 7.69. The smallest absolute Gasteiger partial charge is 0.160 e. The lowest BCUT2D eigenvalue weighted by Crippen LogP contribution is -1.96. The van der Waals surface area contributed by atoms with Crippen molar-refractivity contribution < 1.29 is 8.83 Å². The molecule has 0 saturated carbocycles. The van der Waals surface area contributed by atoms with Crippen molar-refractivity contribution in [2.75, 3.05) is 0 Å². The van der Waals surface area contributed by atoms with Gasteiger partial charge in [0.05, 0.1) is 22.4 Å². The van der Waals surface area contributed by atoms with Gasteiger partial charge in [0.25, 0.3) is 0 Å². The third kappa shape index (κ3) is 4.22. The van der Waals surface area contributed by atoms with Crippen molar-refractivity contribution in [3.8, 4) is 39.6 Å². The van der Waals surface area contributed by atoms with Gasteiger partial charge in [-0.1, -0.05) is 103 Å². The molecule has 0 aliphatic carbocycles. The van der Waals surface area contributed by atoms with Crippen LogP contribution in [0.1, 0.15) is 0 Å². The van der Waals surface area contributed by atoms with E-state index in [1.807, 2.05) is 48.5 Å². The first-order chi connectivity index (χ1) is 25.3. The van der Waals surface area contributed by atoms with Crippen molar-refractivity contribution in [2.24, 2.45) is 0 Å². The minimum Gasteiger partial charge on any atom is -0.456 e. The Morgan fingerprint density at radius 2 is 1.10 bits per heavy atom. The fourth-order valence-corrected chi connectivity index (χ4v) is 7.69. The van der Waals surface area contributed by atoms with Crippen LogP contribution >= 0.6 is 0 Å². The molecule has 0 atom stereocenters. The molecule has 4 aromatic heterocycles. The van der Waals surface area contributed by atoms with Crippen LogP contribution in [0.2, 0.25) is 0 Å². The SMILES string of the molecule is c1ccc(-c2cc(-c3cccc4c3oc3c4ccc4c5ccccc5n(-c5ccccc5)c43)nc(-c3ccc4oc5ccccc5c4c3)n2)cc1. The lowest BCUT2D eigenvalue weighted by molar-refractivity contribution is 0.669. The second kappa shape index (κ2) is 10.8. The molecule has 0 amide bonds. The maximum atomic E-state index is 7.04. The van der Waals surface area contributed by atoms with E-state index >= 15 is 0 Å². The number of benzene rings is 7. The van der Waals surface area contributed by atoms with Gasteiger partial charge in [0.1, 0.15) is 16.7 Å². The van der Waals surface area contributed by atoms with Crippen LogP contribution in [-0.2, 0) is 0 Å². The van der Waals surface area contributed by atoms with Gasteiger partial charge in [-0.3, -0.25) is 0 Å². The van der Waals surface area contributed by atoms with Crippen molar-refractivity contribution in [3.63, 3.8) is 0 Å². The molecule has 0 aliphatic rings. The van der Waals surface area contributed by atoms with E-state index in [1.54, 1.807) is 0 Å². The summed E-state index contributed by atoms with van der Waals surface area (Å²) >= 11 is 0. The summed E-state index contributed by atoms with van der Waals surface area (Å²) < 4.78 is 15.5.